The molecule has 1 N–H and O–H groups in total. The Balaban J connectivity index is 2.02. The number of hydrogen-bond donors (Lipinski definition) is 1. The number of dihydropyridines is 1. The van der Waals surface area contributed by atoms with Crippen molar-refractivity contribution in [2.75, 3.05) is 7.11 Å². The van der Waals surface area contributed by atoms with Crippen LogP contribution in [0.4, 0.5) is 0 Å². The fourth-order valence-electron chi connectivity index (χ4n) is 4.04. The number of esters is 1. The molecule has 1 aromatic heterocycles. The summed E-state index contributed by atoms with van der Waals surface area (Å²) in [4.78, 5) is 24.5. The SMILES string of the molecule is COC(=O)C1=C(C)NC(C)=C([N+](=O)[O-])C1c1cn(-c2ccccc2)nc1-c1ccccc1. The molecule has 0 saturated heterocycles. The predicted octanol–water partition coefficient (Wildman–Crippen LogP) is 4.18. The van der Waals surface area contributed by atoms with E-state index in [4.69, 9.17) is 9.84 Å². The minimum Gasteiger partial charge on any atom is -0.466 e. The van der Waals surface area contributed by atoms with E-state index in [1.165, 1.54) is 7.11 Å². The maximum absolute atomic E-state index is 12.8. The van der Waals surface area contributed by atoms with E-state index in [0.717, 1.165) is 11.3 Å². The molecule has 1 atom stereocenters. The second kappa shape index (κ2) is 8.50. The first kappa shape index (κ1) is 21.0. The number of allylic oxidation sites excluding steroid dienone is 3. The standard InChI is InChI=1S/C24H22N4O4/c1-15-20(24(29)32-3)21(23(28(30)31)16(2)25-15)19-14-27(18-12-8-5-9-13-18)26-22(19)17-10-6-4-7-11-17/h4-14,21,25H,1-3H3. The number of aromatic nitrogens is 2. The lowest BCUT2D eigenvalue weighted by Crippen LogP contribution is -2.31. The smallest absolute Gasteiger partial charge is 0.336 e. The number of nitrogens with one attached hydrogen (secondary N) is 1. The zero-order valence-corrected chi connectivity index (χ0v) is 17.9. The van der Waals surface area contributed by atoms with Gasteiger partial charge in [0.2, 0.25) is 0 Å². The van der Waals surface area contributed by atoms with Gasteiger partial charge in [-0.25, -0.2) is 9.48 Å². The van der Waals surface area contributed by atoms with Gasteiger partial charge in [-0.3, -0.25) is 10.1 Å². The van der Waals surface area contributed by atoms with Crippen LogP contribution >= 0.6 is 0 Å². The van der Waals surface area contributed by atoms with E-state index in [1.807, 2.05) is 60.7 Å². The average molecular weight is 430 g/mol. The molecule has 1 aliphatic heterocycles. The minimum atomic E-state index is -0.952. The molecule has 0 amide bonds. The molecule has 4 rings (SSSR count). The molecule has 2 aromatic carbocycles. The van der Waals surface area contributed by atoms with E-state index in [0.29, 0.717) is 22.7 Å². The summed E-state index contributed by atoms with van der Waals surface area (Å²) >= 11 is 0. The highest BCUT2D eigenvalue weighted by molar-refractivity contribution is 5.93. The van der Waals surface area contributed by atoms with Gasteiger partial charge in [-0.15, -0.1) is 0 Å². The topological polar surface area (TPSA) is 99.3 Å². The van der Waals surface area contributed by atoms with Crippen LogP contribution in [-0.4, -0.2) is 27.8 Å². The van der Waals surface area contributed by atoms with E-state index in [2.05, 4.69) is 5.32 Å². The first-order valence-electron chi connectivity index (χ1n) is 10.0. The minimum absolute atomic E-state index is 0.110. The molecule has 162 valence electrons. The van der Waals surface area contributed by atoms with Crippen LogP contribution < -0.4 is 5.32 Å². The molecule has 1 unspecified atom stereocenters. The number of benzene rings is 2. The molecule has 0 radical (unpaired) electrons. The molecular formula is C24H22N4O4. The summed E-state index contributed by atoms with van der Waals surface area (Å²) in [6.45, 7) is 3.34. The van der Waals surface area contributed by atoms with Crippen LogP contribution in [0.3, 0.4) is 0 Å². The van der Waals surface area contributed by atoms with Gasteiger partial charge in [-0.2, -0.15) is 5.10 Å². The Hall–Kier alpha value is -4.20. The Bertz CT molecular complexity index is 1240. The number of para-hydroxylation sites is 1. The van der Waals surface area contributed by atoms with Gasteiger partial charge in [0.1, 0.15) is 5.92 Å². The molecule has 8 heteroatoms. The Labute approximate surface area is 185 Å². The lowest BCUT2D eigenvalue weighted by atomic mass is 9.83. The van der Waals surface area contributed by atoms with Gasteiger partial charge in [0.25, 0.3) is 5.70 Å². The lowest BCUT2D eigenvalue weighted by Gasteiger charge is -2.25. The Morgan fingerprint density at radius 2 is 1.69 bits per heavy atom. The molecule has 1 aliphatic rings. The van der Waals surface area contributed by atoms with Crippen molar-refractivity contribution >= 4 is 5.97 Å². The lowest BCUT2D eigenvalue weighted by molar-refractivity contribution is -0.431. The number of ether oxygens (including phenoxy) is 1. The van der Waals surface area contributed by atoms with Crippen LogP contribution in [0.2, 0.25) is 0 Å². The second-order valence-electron chi connectivity index (χ2n) is 7.43. The Kier molecular flexibility index (Phi) is 5.59. The fraction of sp³-hybridized carbons (Fsp3) is 0.167. The van der Waals surface area contributed by atoms with Crippen LogP contribution in [0.25, 0.3) is 16.9 Å². The number of methoxy groups -OCH3 is 1. The molecule has 2 heterocycles. The summed E-state index contributed by atoms with van der Waals surface area (Å²) in [7, 11) is 1.27. The van der Waals surface area contributed by atoms with Crippen LogP contribution in [-0.2, 0) is 9.53 Å². The zero-order chi connectivity index (χ0) is 22.8. The maximum atomic E-state index is 12.8. The molecule has 3 aromatic rings. The average Bonchev–Trinajstić information content (AvgIpc) is 3.24. The number of rotatable bonds is 5. The maximum Gasteiger partial charge on any atom is 0.336 e. The first-order valence-corrected chi connectivity index (χ1v) is 10.0. The number of nitrogens with zero attached hydrogens (tertiary/aromatic N) is 3. The van der Waals surface area contributed by atoms with Gasteiger partial charge in [-0.05, 0) is 26.0 Å². The van der Waals surface area contributed by atoms with Crippen molar-refractivity contribution in [2.24, 2.45) is 0 Å². The van der Waals surface area contributed by atoms with Gasteiger partial charge in [-0.1, -0.05) is 48.5 Å². The van der Waals surface area contributed by atoms with E-state index in [9.17, 15) is 14.9 Å². The number of carbonyl (C=O) groups is 1. The van der Waals surface area contributed by atoms with Crippen molar-refractivity contribution in [3.05, 3.63) is 105 Å². The highest BCUT2D eigenvalue weighted by atomic mass is 16.6. The Morgan fingerprint density at radius 3 is 2.28 bits per heavy atom. The van der Waals surface area contributed by atoms with Gasteiger partial charge < -0.3 is 10.1 Å². The summed E-state index contributed by atoms with van der Waals surface area (Å²) in [5.41, 5.74) is 3.66. The number of carbonyl (C=O) groups excluding carboxylic acids is 1. The van der Waals surface area contributed by atoms with E-state index < -0.39 is 16.8 Å². The van der Waals surface area contributed by atoms with Gasteiger partial charge in [0.15, 0.2) is 0 Å². The molecule has 8 nitrogen and oxygen atoms in total. The van der Waals surface area contributed by atoms with E-state index in [-0.39, 0.29) is 11.3 Å². The largest absolute Gasteiger partial charge is 0.466 e. The van der Waals surface area contributed by atoms with Crippen molar-refractivity contribution in [1.29, 1.82) is 0 Å². The van der Waals surface area contributed by atoms with Crippen LogP contribution in [0.1, 0.15) is 25.3 Å². The van der Waals surface area contributed by atoms with Crippen molar-refractivity contribution in [1.82, 2.24) is 15.1 Å². The molecule has 0 saturated carbocycles. The number of hydrogen-bond acceptors (Lipinski definition) is 6. The third-order valence-corrected chi connectivity index (χ3v) is 5.45. The van der Waals surface area contributed by atoms with Gasteiger partial charge in [0.05, 0.1) is 34.7 Å². The summed E-state index contributed by atoms with van der Waals surface area (Å²) in [6, 6.07) is 18.9. The van der Waals surface area contributed by atoms with Crippen molar-refractivity contribution in [3.8, 4) is 16.9 Å². The van der Waals surface area contributed by atoms with Crippen LogP contribution in [0.5, 0.6) is 0 Å². The summed E-state index contributed by atoms with van der Waals surface area (Å²) < 4.78 is 6.68. The molecule has 0 aliphatic carbocycles. The summed E-state index contributed by atoms with van der Waals surface area (Å²) in [5.74, 6) is -1.58. The molecule has 32 heavy (non-hydrogen) atoms. The van der Waals surface area contributed by atoms with E-state index in [1.54, 1.807) is 24.7 Å². The number of nitro groups is 1. The monoisotopic (exact) mass is 430 g/mol. The van der Waals surface area contributed by atoms with Gasteiger partial charge >= 0.3 is 5.97 Å². The third kappa shape index (κ3) is 3.66. The third-order valence-electron chi connectivity index (χ3n) is 5.45. The normalized spacial score (nSPS) is 16.0. The first-order chi connectivity index (χ1) is 15.4. The summed E-state index contributed by atoms with van der Waals surface area (Å²) in [5, 5.41) is 19.9. The highest BCUT2D eigenvalue weighted by Crippen LogP contribution is 2.42. The predicted molar refractivity (Wildman–Crippen MR) is 119 cm³/mol. The fourth-order valence-corrected chi connectivity index (χ4v) is 4.04. The van der Waals surface area contributed by atoms with Crippen LogP contribution in [0, 0.1) is 10.1 Å². The highest BCUT2D eigenvalue weighted by Gasteiger charge is 2.43. The van der Waals surface area contributed by atoms with Gasteiger partial charge in [0, 0.05) is 23.0 Å². The second-order valence-corrected chi connectivity index (χ2v) is 7.43. The van der Waals surface area contributed by atoms with Crippen molar-refractivity contribution in [2.45, 2.75) is 19.8 Å². The van der Waals surface area contributed by atoms with Crippen molar-refractivity contribution in [3.63, 3.8) is 0 Å². The summed E-state index contributed by atoms with van der Waals surface area (Å²) in [6.07, 6.45) is 1.75. The Morgan fingerprint density at radius 1 is 1.06 bits per heavy atom. The zero-order valence-electron chi connectivity index (χ0n) is 17.9. The van der Waals surface area contributed by atoms with E-state index >= 15 is 0 Å². The quantitative estimate of drug-likeness (QED) is 0.370. The van der Waals surface area contributed by atoms with Crippen LogP contribution in [0.15, 0.2) is 89.5 Å². The molecule has 0 spiro atoms. The molecule has 0 bridgehead atoms. The molecule has 0 fully saturated rings. The molecular weight excluding hydrogens is 408 g/mol. The van der Waals surface area contributed by atoms with Crippen molar-refractivity contribution < 1.29 is 14.5 Å².